The maximum absolute atomic E-state index is 13.7. The summed E-state index contributed by atoms with van der Waals surface area (Å²) in [4.78, 5) is 0. The Balaban J connectivity index is 1.57. The van der Waals surface area contributed by atoms with Gasteiger partial charge in [0.1, 0.15) is 22.8 Å². The van der Waals surface area contributed by atoms with E-state index in [1.807, 2.05) is 60.7 Å². The molecule has 0 aliphatic rings. The van der Waals surface area contributed by atoms with Gasteiger partial charge in [-0.2, -0.15) is 18.3 Å². The first-order valence-electron chi connectivity index (χ1n) is 11.0. The van der Waals surface area contributed by atoms with Crippen molar-refractivity contribution in [2.45, 2.75) is 12.7 Å². The summed E-state index contributed by atoms with van der Waals surface area (Å²) in [5.41, 5.74) is 1.47. The number of halogens is 3. The topological polar surface area (TPSA) is 36.3 Å². The van der Waals surface area contributed by atoms with E-state index in [0.717, 1.165) is 17.2 Å². The zero-order chi connectivity index (χ0) is 24.4. The van der Waals surface area contributed by atoms with Crippen LogP contribution in [-0.2, 0) is 12.7 Å². The predicted octanol–water partition coefficient (Wildman–Crippen LogP) is 7.57. The Morgan fingerprint density at radius 2 is 1.49 bits per heavy atom. The highest BCUT2D eigenvalue weighted by Crippen LogP contribution is 2.38. The number of fused-ring (bicyclic) bond motifs is 1. The molecular weight excluding hydrogens is 453 g/mol. The number of rotatable bonds is 6. The molecule has 0 aliphatic heterocycles. The van der Waals surface area contributed by atoms with E-state index in [-0.39, 0.29) is 5.52 Å². The van der Waals surface area contributed by atoms with Gasteiger partial charge in [0.05, 0.1) is 24.9 Å². The lowest BCUT2D eigenvalue weighted by atomic mass is 10.0. The van der Waals surface area contributed by atoms with Gasteiger partial charge < -0.3 is 9.47 Å². The minimum Gasteiger partial charge on any atom is -0.497 e. The molecule has 0 saturated carbocycles. The molecule has 0 saturated heterocycles. The fourth-order valence-corrected chi connectivity index (χ4v) is 4.04. The molecule has 1 aromatic heterocycles. The number of benzene rings is 4. The number of methoxy groups -OCH3 is 1. The van der Waals surface area contributed by atoms with Gasteiger partial charge in [0.15, 0.2) is 0 Å². The third-order valence-electron chi connectivity index (χ3n) is 5.66. The lowest BCUT2D eigenvalue weighted by Gasteiger charge is -2.11. The first-order chi connectivity index (χ1) is 16.9. The second-order valence-corrected chi connectivity index (χ2v) is 8.00. The van der Waals surface area contributed by atoms with Crippen LogP contribution in [0.4, 0.5) is 13.2 Å². The molecule has 5 rings (SSSR count). The molecule has 0 radical (unpaired) electrons. The van der Waals surface area contributed by atoms with Crippen LogP contribution in [0.25, 0.3) is 22.2 Å². The molecule has 0 unspecified atom stereocenters. The Labute approximate surface area is 200 Å². The average molecular weight is 474 g/mol. The van der Waals surface area contributed by atoms with Crippen molar-refractivity contribution in [3.05, 3.63) is 108 Å². The molecule has 4 nitrogen and oxygen atoms in total. The summed E-state index contributed by atoms with van der Waals surface area (Å²) in [6.07, 6.45) is -4.50. The summed E-state index contributed by atoms with van der Waals surface area (Å²) in [7, 11) is 1.58. The van der Waals surface area contributed by atoms with Crippen molar-refractivity contribution in [1.82, 2.24) is 9.78 Å². The Bertz CT molecular complexity index is 1460. The van der Waals surface area contributed by atoms with Crippen LogP contribution in [0.3, 0.4) is 0 Å². The quantitative estimate of drug-likeness (QED) is 0.255. The first kappa shape index (κ1) is 22.5. The Hall–Kier alpha value is -4.26. The third-order valence-corrected chi connectivity index (χ3v) is 5.66. The van der Waals surface area contributed by atoms with Crippen LogP contribution >= 0.6 is 0 Å². The van der Waals surface area contributed by atoms with E-state index in [1.165, 1.54) is 6.07 Å². The van der Waals surface area contributed by atoms with Crippen LogP contribution in [0, 0.1) is 0 Å². The summed E-state index contributed by atoms with van der Waals surface area (Å²) < 4.78 is 54.0. The van der Waals surface area contributed by atoms with Gasteiger partial charge in [-0.3, -0.25) is 4.68 Å². The molecule has 0 N–H and O–H groups in total. The summed E-state index contributed by atoms with van der Waals surface area (Å²) in [5.74, 6) is 1.89. The van der Waals surface area contributed by atoms with Crippen molar-refractivity contribution in [3.8, 4) is 28.5 Å². The highest BCUT2D eigenvalue weighted by Gasteiger charge is 2.34. The van der Waals surface area contributed by atoms with Crippen molar-refractivity contribution in [2.24, 2.45) is 0 Å². The molecule has 0 spiro atoms. The van der Waals surface area contributed by atoms with E-state index in [0.29, 0.717) is 34.9 Å². The van der Waals surface area contributed by atoms with Gasteiger partial charge in [0.25, 0.3) is 0 Å². The monoisotopic (exact) mass is 474 g/mol. The van der Waals surface area contributed by atoms with Gasteiger partial charge in [-0.25, -0.2) is 0 Å². The Morgan fingerprint density at radius 3 is 2.20 bits per heavy atom. The number of alkyl halides is 3. The highest BCUT2D eigenvalue weighted by atomic mass is 19.4. The maximum atomic E-state index is 13.7. The van der Waals surface area contributed by atoms with E-state index >= 15 is 0 Å². The maximum Gasteiger partial charge on any atom is 0.418 e. The first-order valence-corrected chi connectivity index (χ1v) is 11.0. The lowest BCUT2D eigenvalue weighted by Crippen LogP contribution is -2.06. The van der Waals surface area contributed by atoms with Gasteiger partial charge in [-0.05, 0) is 48.0 Å². The predicted molar refractivity (Wildman–Crippen MR) is 129 cm³/mol. The molecule has 5 aromatic rings. The van der Waals surface area contributed by atoms with E-state index in [2.05, 4.69) is 5.10 Å². The van der Waals surface area contributed by atoms with Gasteiger partial charge in [-0.1, -0.05) is 48.5 Å². The van der Waals surface area contributed by atoms with Crippen molar-refractivity contribution in [1.29, 1.82) is 0 Å². The third kappa shape index (κ3) is 4.71. The standard InChI is InChI=1S/C28H21F3N2O2/c1-34-22-9-5-10-23(17-22)35-21-15-13-20(14-16-21)27-24-11-6-12-25(28(29,30)31)26(24)32-33(27)18-19-7-3-2-4-8-19/h2-17H,18H2,1H3. The number of nitrogens with zero attached hydrogens (tertiary/aromatic N) is 2. The van der Waals surface area contributed by atoms with Crippen LogP contribution in [0.2, 0.25) is 0 Å². The van der Waals surface area contributed by atoms with E-state index in [9.17, 15) is 13.2 Å². The van der Waals surface area contributed by atoms with Crippen LogP contribution in [0.1, 0.15) is 11.1 Å². The molecule has 4 aromatic carbocycles. The van der Waals surface area contributed by atoms with Crippen molar-refractivity contribution < 1.29 is 22.6 Å². The molecule has 0 fully saturated rings. The second kappa shape index (κ2) is 9.18. The van der Waals surface area contributed by atoms with E-state index in [1.54, 1.807) is 36.1 Å². The van der Waals surface area contributed by atoms with Gasteiger partial charge in [0, 0.05) is 17.0 Å². The molecule has 0 amide bonds. The number of aromatic nitrogens is 2. The fraction of sp³-hybridized carbons (Fsp3) is 0.107. The van der Waals surface area contributed by atoms with E-state index in [4.69, 9.17) is 9.47 Å². The highest BCUT2D eigenvalue weighted by molar-refractivity contribution is 5.95. The van der Waals surface area contributed by atoms with Crippen LogP contribution < -0.4 is 9.47 Å². The van der Waals surface area contributed by atoms with Crippen LogP contribution in [0.5, 0.6) is 17.2 Å². The zero-order valence-electron chi connectivity index (χ0n) is 18.8. The lowest BCUT2D eigenvalue weighted by molar-refractivity contribution is -0.136. The molecular formula is C28H21F3N2O2. The smallest absolute Gasteiger partial charge is 0.418 e. The molecule has 0 atom stereocenters. The zero-order valence-corrected chi connectivity index (χ0v) is 18.8. The van der Waals surface area contributed by atoms with Crippen LogP contribution in [-0.4, -0.2) is 16.9 Å². The van der Waals surface area contributed by atoms with Gasteiger partial charge in [0.2, 0.25) is 0 Å². The molecule has 0 bridgehead atoms. The van der Waals surface area contributed by atoms with Crippen molar-refractivity contribution >= 4 is 10.9 Å². The summed E-state index contributed by atoms with van der Waals surface area (Å²) in [6, 6.07) is 28.2. The number of ether oxygens (including phenoxy) is 2. The Kier molecular flexibility index (Phi) is 5.91. The molecule has 176 valence electrons. The fourth-order valence-electron chi connectivity index (χ4n) is 4.04. The Morgan fingerprint density at radius 1 is 0.771 bits per heavy atom. The minimum atomic E-state index is -4.50. The van der Waals surface area contributed by atoms with Gasteiger partial charge in [-0.15, -0.1) is 0 Å². The molecule has 1 heterocycles. The number of hydrogen-bond acceptors (Lipinski definition) is 3. The van der Waals surface area contributed by atoms with Gasteiger partial charge >= 0.3 is 6.18 Å². The SMILES string of the molecule is COc1cccc(Oc2ccc(-c3c4cccc(C(F)(F)F)c4nn3Cc3ccccc3)cc2)c1. The van der Waals surface area contributed by atoms with E-state index < -0.39 is 11.7 Å². The minimum absolute atomic E-state index is 0.0670. The molecule has 0 aliphatic carbocycles. The van der Waals surface area contributed by atoms with Crippen molar-refractivity contribution in [2.75, 3.05) is 7.11 Å². The van der Waals surface area contributed by atoms with Crippen LogP contribution in [0.15, 0.2) is 97.1 Å². The summed E-state index contributed by atoms with van der Waals surface area (Å²) in [5, 5.41) is 4.85. The average Bonchev–Trinajstić information content (AvgIpc) is 3.22. The number of hydrogen-bond donors (Lipinski definition) is 0. The normalized spacial score (nSPS) is 11.5. The molecule has 35 heavy (non-hydrogen) atoms. The molecule has 7 heteroatoms. The second-order valence-electron chi connectivity index (χ2n) is 8.00. The van der Waals surface area contributed by atoms with Crippen molar-refractivity contribution in [3.63, 3.8) is 0 Å². The summed E-state index contributed by atoms with van der Waals surface area (Å²) in [6.45, 7) is 0.338. The summed E-state index contributed by atoms with van der Waals surface area (Å²) >= 11 is 0. The largest absolute Gasteiger partial charge is 0.497 e.